The Morgan fingerprint density at radius 2 is 2.08 bits per heavy atom. The van der Waals surface area contributed by atoms with Gasteiger partial charge in [0, 0.05) is 12.1 Å². The van der Waals surface area contributed by atoms with Gasteiger partial charge in [-0.3, -0.25) is 4.79 Å². The number of anilines is 1. The molecule has 0 amide bonds. The van der Waals surface area contributed by atoms with E-state index in [1.54, 1.807) is 0 Å². The van der Waals surface area contributed by atoms with Crippen LogP contribution in [0.25, 0.3) is 0 Å². The summed E-state index contributed by atoms with van der Waals surface area (Å²) >= 11 is 0. The molecule has 0 aliphatic carbocycles. The highest BCUT2D eigenvalue weighted by Crippen LogP contribution is 2.12. The summed E-state index contributed by atoms with van der Waals surface area (Å²) in [5, 5.41) is 3.11. The van der Waals surface area contributed by atoms with E-state index in [0.717, 1.165) is 5.69 Å². The molecule has 1 rings (SSSR count). The number of carbonyl (C=O) groups is 1. The van der Waals surface area contributed by atoms with Crippen molar-refractivity contribution in [1.82, 2.24) is 0 Å². The average Bonchev–Trinajstić information content (AvgIpc) is 2.16. The molecule has 13 heavy (non-hydrogen) atoms. The molecule has 0 aliphatic heterocycles. The Kier molecular flexibility index (Phi) is 3.50. The third-order valence-electron chi connectivity index (χ3n) is 2.02. The summed E-state index contributed by atoms with van der Waals surface area (Å²) in [6.07, 6.45) is 0.596. The van der Waals surface area contributed by atoms with E-state index in [1.165, 1.54) is 5.56 Å². The van der Waals surface area contributed by atoms with Crippen LogP contribution in [0.5, 0.6) is 0 Å². The van der Waals surface area contributed by atoms with E-state index >= 15 is 0 Å². The molecule has 0 heterocycles. The third-order valence-corrected chi connectivity index (χ3v) is 2.02. The van der Waals surface area contributed by atoms with Gasteiger partial charge in [-0.15, -0.1) is 0 Å². The molecule has 70 valence electrons. The topological polar surface area (TPSA) is 29.1 Å². The minimum absolute atomic E-state index is 0.239. The van der Waals surface area contributed by atoms with Crippen LogP contribution >= 0.6 is 0 Å². The van der Waals surface area contributed by atoms with Crippen molar-refractivity contribution >= 4 is 11.5 Å². The summed E-state index contributed by atoms with van der Waals surface area (Å²) in [6, 6.07) is 7.96. The standard InChI is InChI=1S/C11H15NO/c1-3-10(13)8-12-11-7-5-4-6-9(11)2/h4-7,12H,3,8H2,1-2H3. The maximum atomic E-state index is 11.0. The molecule has 0 saturated carbocycles. The molecule has 1 aromatic rings. The van der Waals surface area contributed by atoms with Crippen LogP contribution in [0.4, 0.5) is 5.69 Å². The highest BCUT2D eigenvalue weighted by Gasteiger charge is 1.99. The van der Waals surface area contributed by atoms with Gasteiger partial charge in [-0.05, 0) is 18.6 Å². The van der Waals surface area contributed by atoms with Gasteiger partial charge in [0.2, 0.25) is 0 Å². The number of benzene rings is 1. The van der Waals surface area contributed by atoms with Gasteiger partial charge >= 0.3 is 0 Å². The second kappa shape index (κ2) is 4.65. The first kappa shape index (κ1) is 9.78. The van der Waals surface area contributed by atoms with Gasteiger partial charge in [-0.2, -0.15) is 0 Å². The van der Waals surface area contributed by atoms with Gasteiger partial charge in [0.25, 0.3) is 0 Å². The average molecular weight is 177 g/mol. The normalized spacial score (nSPS) is 9.69. The monoisotopic (exact) mass is 177 g/mol. The van der Waals surface area contributed by atoms with Crippen LogP contribution in [0.1, 0.15) is 18.9 Å². The maximum absolute atomic E-state index is 11.0. The minimum Gasteiger partial charge on any atom is -0.378 e. The SMILES string of the molecule is CCC(=O)CNc1ccccc1C. The molecule has 0 spiro atoms. The van der Waals surface area contributed by atoms with Gasteiger partial charge in [-0.1, -0.05) is 25.1 Å². The number of aryl methyl sites for hydroxylation is 1. The Morgan fingerprint density at radius 1 is 1.38 bits per heavy atom. The second-order valence-electron chi connectivity index (χ2n) is 3.06. The summed E-state index contributed by atoms with van der Waals surface area (Å²) in [4.78, 5) is 11.0. The molecule has 1 N–H and O–H groups in total. The third kappa shape index (κ3) is 2.90. The summed E-state index contributed by atoms with van der Waals surface area (Å²) < 4.78 is 0. The Bertz CT molecular complexity index is 294. The summed E-state index contributed by atoms with van der Waals surface area (Å²) in [6.45, 7) is 4.34. The van der Waals surface area contributed by atoms with Crippen molar-refractivity contribution in [3.8, 4) is 0 Å². The number of hydrogen-bond acceptors (Lipinski definition) is 2. The lowest BCUT2D eigenvalue weighted by Gasteiger charge is -2.07. The lowest BCUT2D eigenvalue weighted by Crippen LogP contribution is -2.12. The van der Waals surface area contributed by atoms with Crippen molar-refractivity contribution in [1.29, 1.82) is 0 Å². The van der Waals surface area contributed by atoms with E-state index < -0.39 is 0 Å². The van der Waals surface area contributed by atoms with Crippen LogP contribution in [0.2, 0.25) is 0 Å². The largest absolute Gasteiger partial charge is 0.378 e. The minimum atomic E-state index is 0.239. The van der Waals surface area contributed by atoms with E-state index in [0.29, 0.717) is 13.0 Å². The van der Waals surface area contributed by atoms with Gasteiger partial charge in [0.05, 0.1) is 6.54 Å². The smallest absolute Gasteiger partial charge is 0.151 e. The summed E-state index contributed by atoms with van der Waals surface area (Å²) in [5.41, 5.74) is 2.22. The van der Waals surface area contributed by atoms with Crippen LogP contribution in [0.3, 0.4) is 0 Å². The van der Waals surface area contributed by atoms with E-state index in [1.807, 2.05) is 38.1 Å². The van der Waals surface area contributed by atoms with Crippen LogP contribution in [-0.4, -0.2) is 12.3 Å². The first-order valence-corrected chi connectivity index (χ1v) is 4.55. The number of rotatable bonds is 4. The second-order valence-corrected chi connectivity index (χ2v) is 3.06. The number of para-hydroxylation sites is 1. The van der Waals surface area contributed by atoms with Crippen molar-refractivity contribution < 1.29 is 4.79 Å². The van der Waals surface area contributed by atoms with E-state index in [-0.39, 0.29) is 5.78 Å². The molecule has 2 nitrogen and oxygen atoms in total. The zero-order chi connectivity index (χ0) is 9.68. The number of Topliss-reactive ketones (excluding diaryl/α,β-unsaturated/α-hetero) is 1. The summed E-state index contributed by atoms with van der Waals surface area (Å²) in [7, 11) is 0. The first-order chi connectivity index (χ1) is 6.24. The zero-order valence-corrected chi connectivity index (χ0v) is 8.13. The highest BCUT2D eigenvalue weighted by atomic mass is 16.1. The van der Waals surface area contributed by atoms with Crippen LogP contribution in [0, 0.1) is 6.92 Å². The van der Waals surface area contributed by atoms with Crippen molar-refractivity contribution in [2.75, 3.05) is 11.9 Å². The van der Waals surface area contributed by atoms with Crippen molar-refractivity contribution in [2.24, 2.45) is 0 Å². The Labute approximate surface area is 79.0 Å². The first-order valence-electron chi connectivity index (χ1n) is 4.55. The lowest BCUT2D eigenvalue weighted by atomic mass is 10.2. The van der Waals surface area contributed by atoms with E-state index in [2.05, 4.69) is 5.32 Å². The van der Waals surface area contributed by atoms with Crippen molar-refractivity contribution in [2.45, 2.75) is 20.3 Å². The summed E-state index contributed by atoms with van der Waals surface area (Å²) in [5.74, 6) is 0.239. The molecular formula is C11H15NO. The maximum Gasteiger partial charge on any atom is 0.151 e. The van der Waals surface area contributed by atoms with Gasteiger partial charge in [0.1, 0.15) is 0 Å². The Morgan fingerprint density at radius 3 is 2.69 bits per heavy atom. The fourth-order valence-corrected chi connectivity index (χ4v) is 1.09. The van der Waals surface area contributed by atoms with Crippen LogP contribution in [-0.2, 0) is 4.79 Å². The van der Waals surface area contributed by atoms with E-state index in [9.17, 15) is 4.79 Å². The zero-order valence-electron chi connectivity index (χ0n) is 8.13. The fraction of sp³-hybridized carbons (Fsp3) is 0.364. The molecule has 0 saturated heterocycles. The highest BCUT2D eigenvalue weighted by molar-refractivity contribution is 5.82. The molecule has 1 aromatic carbocycles. The van der Waals surface area contributed by atoms with Gasteiger partial charge < -0.3 is 5.32 Å². The van der Waals surface area contributed by atoms with Gasteiger partial charge in [0.15, 0.2) is 5.78 Å². The molecule has 0 atom stereocenters. The molecule has 0 radical (unpaired) electrons. The Hall–Kier alpha value is -1.31. The van der Waals surface area contributed by atoms with Gasteiger partial charge in [-0.25, -0.2) is 0 Å². The molecule has 0 unspecified atom stereocenters. The van der Waals surface area contributed by atoms with Crippen LogP contribution < -0.4 is 5.32 Å². The van der Waals surface area contributed by atoms with Crippen molar-refractivity contribution in [3.63, 3.8) is 0 Å². The molecule has 0 aliphatic rings. The quantitative estimate of drug-likeness (QED) is 0.765. The molecule has 2 heteroatoms. The van der Waals surface area contributed by atoms with Crippen LogP contribution in [0.15, 0.2) is 24.3 Å². The predicted molar refractivity (Wildman–Crippen MR) is 55.0 cm³/mol. The molecule has 0 fully saturated rings. The lowest BCUT2D eigenvalue weighted by molar-refractivity contribution is -0.117. The van der Waals surface area contributed by atoms with Crippen molar-refractivity contribution in [3.05, 3.63) is 29.8 Å². The predicted octanol–water partition coefficient (Wildman–Crippen LogP) is 2.39. The number of ketones is 1. The Balaban J connectivity index is 2.54. The van der Waals surface area contributed by atoms with E-state index in [4.69, 9.17) is 0 Å². The number of hydrogen-bond donors (Lipinski definition) is 1. The molecule has 0 bridgehead atoms. The molecule has 0 aromatic heterocycles. The molecular weight excluding hydrogens is 162 g/mol. The number of carbonyl (C=O) groups excluding carboxylic acids is 1. The fourth-order valence-electron chi connectivity index (χ4n) is 1.09. The number of nitrogens with one attached hydrogen (secondary N) is 1.